The third kappa shape index (κ3) is 5.40. The van der Waals surface area contributed by atoms with Gasteiger partial charge in [0.25, 0.3) is 0 Å². The Morgan fingerprint density at radius 3 is 2.50 bits per heavy atom. The van der Waals surface area contributed by atoms with Gasteiger partial charge in [-0.3, -0.25) is 0 Å². The molecule has 3 N–H and O–H groups in total. The van der Waals surface area contributed by atoms with E-state index in [0.29, 0.717) is 11.1 Å². The van der Waals surface area contributed by atoms with E-state index in [1.165, 1.54) is 13.2 Å². The summed E-state index contributed by atoms with van der Waals surface area (Å²) in [6.45, 7) is 5.98. The van der Waals surface area contributed by atoms with Crippen LogP contribution in [0, 0.1) is 5.41 Å². The van der Waals surface area contributed by atoms with E-state index in [-0.39, 0.29) is 23.8 Å². The van der Waals surface area contributed by atoms with E-state index >= 15 is 0 Å². The Bertz CT molecular complexity index is 621. The minimum atomic E-state index is -3.56. The van der Waals surface area contributed by atoms with E-state index in [1.807, 2.05) is 20.8 Å². The van der Waals surface area contributed by atoms with Crippen LogP contribution in [0.25, 0.3) is 0 Å². The second-order valence-electron chi connectivity index (χ2n) is 6.22. The third-order valence-corrected chi connectivity index (χ3v) is 4.66. The van der Waals surface area contributed by atoms with Gasteiger partial charge in [-0.1, -0.05) is 32.9 Å². The fraction of sp³-hybridized carbons (Fsp3) is 0.533. The Kier molecular flexibility index (Phi) is 6.10. The molecular formula is C15H24N2O4S. The molecule has 7 heteroatoms. The molecule has 0 fully saturated rings. The highest BCUT2D eigenvalue weighted by atomic mass is 32.2. The number of sulfonamides is 1. The first-order valence-electron chi connectivity index (χ1n) is 6.96. The van der Waals surface area contributed by atoms with E-state index in [0.717, 1.165) is 0 Å². The van der Waals surface area contributed by atoms with E-state index < -0.39 is 16.0 Å². The van der Waals surface area contributed by atoms with Gasteiger partial charge < -0.3 is 10.5 Å². The van der Waals surface area contributed by atoms with Crippen LogP contribution in [0.4, 0.5) is 0 Å². The molecule has 0 spiro atoms. The summed E-state index contributed by atoms with van der Waals surface area (Å²) >= 11 is 0. The van der Waals surface area contributed by atoms with Crippen molar-refractivity contribution in [1.29, 1.82) is 0 Å². The van der Waals surface area contributed by atoms with Crippen LogP contribution in [-0.2, 0) is 20.5 Å². The molecule has 1 atom stereocenters. The molecule has 1 unspecified atom stereocenters. The zero-order chi connectivity index (χ0) is 17.0. The number of ether oxygens (including phenoxy) is 1. The van der Waals surface area contributed by atoms with Crippen LogP contribution in [0.1, 0.15) is 36.7 Å². The number of esters is 1. The lowest BCUT2D eigenvalue weighted by molar-refractivity contribution is 0.0600. The summed E-state index contributed by atoms with van der Waals surface area (Å²) in [4.78, 5) is 11.5. The molecule has 0 radical (unpaired) electrons. The molecule has 0 aliphatic heterocycles. The average molecular weight is 328 g/mol. The number of carbonyl (C=O) groups is 1. The summed E-state index contributed by atoms with van der Waals surface area (Å²) in [5.41, 5.74) is 6.21. The average Bonchev–Trinajstić information content (AvgIpc) is 2.42. The van der Waals surface area contributed by atoms with Crippen LogP contribution in [0.15, 0.2) is 24.3 Å². The van der Waals surface area contributed by atoms with E-state index in [2.05, 4.69) is 9.46 Å². The minimum absolute atomic E-state index is 0.213. The van der Waals surface area contributed by atoms with Gasteiger partial charge in [-0.25, -0.2) is 17.9 Å². The standard InChI is InChI=1S/C15H24N2O4S/c1-15(2,3)13(9-16)17-22(19,20)10-11-6-5-7-12(8-11)14(18)21-4/h5-8,13,17H,9-10,16H2,1-4H3. The SMILES string of the molecule is COC(=O)c1cccc(CS(=O)(=O)NC(CN)C(C)(C)C)c1. The number of methoxy groups -OCH3 is 1. The molecule has 1 aromatic carbocycles. The third-order valence-electron chi connectivity index (χ3n) is 3.31. The highest BCUT2D eigenvalue weighted by Crippen LogP contribution is 2.20. The van der Waals surface area contributed by atoms with Gasteiger partial charge in [-0.05, 0) is 23.1 Å². The second kappa shape index (κ2) is 7.21. The second-order valence-corrected chi connectivity index (χ2v) is 7.98. The van der Waals surface area contributed by atoms with Crippen molar-refractivity contribution in [3.63, 3.8) is 0 Å². The lowest BCUT2D eigenvalue weighted by atomic mass is 9.88. The van der Waals surface area contributed by atoms with Crippen molar-refractivity contribution in [2.75, 3.05) is 13.7 Å². The summed E-state index contributed by atoms with van der Waals surface area (Å²) < 4.78 is 31.8. The van der Waals surface area contributed by atoms with Crippen molar-refractivity contribution >= 4 is 16.0 Å². The Labute approximate surface area is 132 Å². The maximum atomic E-state index is 12.3. The normalized spacial score (nSPS) is 13.7. The zero-order valence-corrected chi connectivity index (χ0v) is 14.2. The molecular weight excluding hydrogens is 304 g/mol. The number of hydrogen-bond donors (Lipinski definition) is 2. The highest BCUT2D eigenvalue weighted by molar-refractivity contribution is 7.88. The van der Waals surface area contributed by atoms with Crippen LogP contribution in [0.3, 0.4) is 0 Å². The largest absolute Gasteiger partial charge is 0.465 e. The van der Waals surface area contributed by atoms with Crippen molar-refractivity contribution in [3.8, 4) is 0 Å². The Balaban J connectivity index is 2.91. The summed E-state index contributed by atoms with van der Waals surface area (Å²) in [7, 11) is -2.28. The number of benzene rings is 1. The predicted molar refractivity (Wildman–Crippen MR) is 85.8 cm³/mol. The first-order valence-corrected chi connectivity index (χ1v) is 8.61. The van der Waals surface area contributed by atoms with Gasteiger partial charge in [-0.2, -0.15) is 0 Å². The molecule has 0 aliphatic carbocycles. The molecule has 22 heavy (non-hydrogen) atoms. The van der Waals surface area contributed by atoms with Gasteiger partial charge in [0.2, 0.25) is 10.0 Å². The fourth-order valence-corrected chi connectivity index (χ4v) is 3.55. The summed E-state index contributed by atoms with van der Waals surface area (Å²) in [5.74, 6) is -0.716. The van der Waals surface area contributed by atoms with Crippen LogP contribution in [0.2, 0.25) is 0 Å². The van der Waals surface area contributed by atoms with Crippen molar-refractivity contribution in [2.24, 2.45) is 11.1 Å². The highest BCUT2D eigenvalue weighted by Gasteiger charge is 2.27. The maximum Gasteiger partial charge on any atom is 0.337 e. The lowest BCUT2D eigenvalue weighted by Crippen LogP contribution is -2.48. The summed E-state index contributed by atoms with van der Waals surface area (Å²) in [6.07, 6.45) is 0. The van der Waals surface area contributed by atoms with Gasteiger partial charge in [0, 0.05) is 12.6 Å². The summed E-state index contributed by atoms with van der Waals surface area (Å²) in [6, 6.07) is 6.01. The Morgan fingerprint density at radius 1 is 1.36 bits per heavy atom. The zero-order valence-electron chi connectivity index (χ0n) is 13.4. The minimum Gasteiger partial charge on any atom is -0.465 e. The quantitative estimate of drug-likeness (QED) is 0.766. The molecule has 124 valence electrons. The van der Waals surface area contributed by atoms with Crippen molar-refractivity contribution in [1.82, 2.24) is 4.72 Å². The van der Waals surface area contributed by atoms with Crippen molar-refractivity contribution < 1.29 is 17.9 Å². The topological polar surface area (TPSA) is 98.5 Å². The first-order chi connectivity index (χ1) is 10.1. The molecule has 0 bridgehead atoms. The van der Waals surface area contributed by atoms with Crippen molar-refractivity contribution in [2.45, 2.75) is 32.6 Å². The molecule has 0 saturated carbocycles. The van der Waals surface area contributed by atoms with Gasteiger partial charge in [-0.15, -0.1) is 0 Å². The lowest BCUT2D eigenvalue weighted by Gasteiger charge is -2.30. The first kappa shape index (κ1) is 18.6. The number of rotatable bonds is 6. The van der Waals surface area contributed by atoms with Crippen LogP contribution in [-0.4, -0.2) is 34.1 Å². The summed E-state index contributed by atoms with van der Waals surface area (Å²) in [5, 5.41) is 0. The smallest absolute Gasteiger partial charge is 0.337 e. The van der Waals surface area contributed by atoms with E-state index in [4.69, 9.17) is 5.73 Å². The maximum absolute atomic E-state index is 12.3. The molecule has 1 rings (SSSR count). The van der Waals surface area contributed by atoms with Crippen molar-refractivity contribution in [3.05, 3.63) is 35.4 Å². The molecule has 0 amide bonds. The van der Waals surface area contributed by atoms with E-state index in [9.17, 15) is 13.2 Å². The predicted octanol–water partition coefficient (Wildman–Crippen LogP) is 1.27. The van der Waals surface area contributed by atoms with Gasteiger partial charge in [0.15, 0.2) is 0 Å². The Morgan fingerprint density at radius 2 is 2.00 bits per heavy atom. The Hall–Kier alpha value is -1.44. The number of nitrogens with one attached hydrogen (secondary N) is 1. The number of carbonyl (C=O) groups excluding carboxylic acids is 1. The molecule has 0 aromatic heterocycles. The molecule has 0 saturated heterocycles. The molecule has 0 aliphatic rings. The fourth-order valence-electron chi connectivity index (χ4n) is 1.96. The molecule has 0 heterocycles. The number of hydrogen-bond acceptors (Lipinski definition) is 5. The van der Waals surface area contributed by atoms with Crippen LogP contribution < -0.4 is 10.5 Å². The number of nitrogens with two attached hydrogens (primary N) is 1. The molecule has 6 nitrogen and oxygen atoms in total. The van der Waals surface area contributed by atoms with E-state index in [1.54, 1.807) is 18.2 Å². The molecule has 1 aromatic rings. The van der Waals surface area contributed by atoms with Crippen LogP contribution in [0.5, 0.6) is 0 Å². The monoisotopic (exact) mass is 328 g/mol. The van der Waals surface area contributed by atoms with Gasteiger partial charge >= 0.3 is 5.97 Å². The van der Waals surface area contributed by atoms with Gasteiger partial charge in [0.1, 0.15) is 0 Å². The van der Waals surface area contributed by atoms with Gasteiger partial charge in [0.05, 0.1) is 18.4 Å². The van der Waals surface area contributed by atoms with Crippen LogP contribution >= 0.6 is 0 Å².